The summed E-state index contributed by atoms with van der Waals surface area (Å²) in [5.74, 6) is 0.119. The number of carbonyl (C=O) groups excluding carboxylic acids is 1. The monoisotopic (exact) mass is 322 g/mol. The highest BCUT2D eigenvalue weighted by Crippen LogP contribution is 2.35. The highest BCUT2D eigenvalue weighted by atomic mass is 32.1. The van der Waals surface area contributed by atoms with Crippen LogP contribution < -0.4 is 0 Å². The summed E-state index contributed by atoms with van der Waals surface area (Å²) in [6, 6.07) is 16.2. The minimum Gasteiger partial charge on any atom is -0.347 e. The van der Waals surface area contributed by atoms with E-state index in [0.29, 0.717) is 0 Å². The number of nitrogens with zero attached hydrogens (tertiary/aromatic N) is 2. The highest BCUT2D eigenvalue weighted by Gasteiger charge is 2.33. The molecule has 0 radical (unpaired) electrons. The molecule has 3 aromatic rings. The van der Waals surface area contributed by atoms with Gasteiger partial charge in [-0.3, -0.25) is 4.79 Å². The van der Waals surface area contributed by atoms with Crippen LogP contribution >= 0.6 is 11.3 Å². The van der Waals surface area contributed by atoms with Crippen molar-refractivity contribution in [2.24, 2.45) is 0 Å². The van der Waals surface area contributed by atoms with Crippen LogP contribution in [0.5, 0.6) is 0 Å². The lowest BCUT2D eigenvalue weighted by Gasteiger charge is -2.37. The maximum atomic E-state index is 13.2. The average Bonchev–Trinajstić information content (AvgIpc) is 3.25. The molecular formula is C19H18N2OS. The maximum absolute atomic E-state index is 13.2. The predicted octanol–water partition coefficient (Wildman–Crippen LogP) is 4.10. The third-order valence-electron chi connectivity index (χ3n) is 4.49. The molecule has 0 N–H and O–H groups in total. The van der Waals surface area contributed by atoms with Crippen molar-refractivity contribution >= 4 is 17.2 Å². The molecule has 1 aliphatic rings. The van der Waals surface area contributed by atoms with Gasteiger partial charge in [0.1, 0.15) is 6.04 Å². The van der Waals surface area contributed by atoms with Crippen LogP contribution in [0.1, 0.15) is 32.5 Å². The summed E-state index contributed by atoms with van der Waals surface area (Å²) in [7, 11) is 0. The van der Waals surface area contributed by atoms with E-state index in [9.17, 15) is 4.79 Å². The number of hydrogen-bond acceptors (Lipinski definition) is 2. The fraction of sp³-hybridized carbons (Fsp3) is 0.211. The van der Waals surface area contributed by atoms with Crippen molar-refractivity contribution in [3.63, 3.8) is 0 Å². The van der Waals surface area contributed by atoms with E-state index >= 15 is 0 Å². The summed E-state index contributed by atoms with van der Waals surface area (Å²) in [5, 5.41) is 2.08. The van der Waals surface area contributed by atoms with E-state index < -0.39 is 0 Å². The Balaban J connectivity index is 1.78. The summed E-state index contributed by atoms with van der Waals surface area (Å²) < 4.78 is 2.26. The number of carbonyl (C=O) groups is 1. The van der Waals surface area contributed by atoms with E-state index in [1.165, 1.54) is 10.6 Å². The third-order valence-corrected chi connectivity index (χ3v) is 5.41. The summed E-state index contributed by atoms with van der Waals surface area (Å²) in [4.78, 5) is 16.4. The van der Waals surface area contributed by atoms with Gasteiger partial charge in [-0.15, -0.1) is 11.3 Å². The van der Waals surface area contributed by atoms with E-state index in [1.54, 1.807) is 11.3 Å². The van der Waals surface area contributed by atoms with Crippen LogP contribution in [0.4, 0.5) is 0 Å². The number of aromatic nitrogens is 1. The van der Waals surface area contributed by atoms with Crippen LogP contribution in [0, 0.1) is 6.92 Å². The van der Waals surface area contributed by atoms with Gasteiger partial charge in [-0.1, -0.05) is 24.3 Å². The van der Waals surface area contributed by atoms with Crippen LogP contribution in [0.15, 0.2) is 60.1 Å². The zero-order chi connectivity index (χ0) is 15.8. The Bertz CT molecular complexity index is 835. The molecule has 0 bridgehead atoms. The molecule has 0 unspecified atom stereocenters. The number of rotatable bonds is 2. The third kappa shape index (κ3) is 2.39. The van der Waals surface area contributed by atoms with E-state index in [2.05, 4.69) is 40.4 Å². The largest absolute Gasteiger partial charge is 0.347 e. The van der Waals surface area contributed by atoms with Crippen LogP contribution in [-0.2, 0) is 6.54 Å². The lowest BCUT2D eigenvalue weighted by Crippen LogP contribution is -2.42. The first-order chi connectivity index (χ1) is 11.3. The number of thiophene rings is 1. The van der Waals surface area contributed by atoms with Gasteiger partial charge in [0, 0.05) is 35.4 Å². The number of aryl methyl sites for hydroxylation is 1. The Morgan fingerprint density at radius 2 is 1.96 bits per heavy atom. The molecule has 3 nitrogen and oxygen atoms in total. The molecular weight excluding hydrogens is 304 g/mol. The normalized spacial score (nSPS) is 17.1. The Morgan fingerprint density at radius 1 is 1.09 bits per heavy atom. The molecule has 0 saturated carbocycles. The van der Waals surface area contributed by atoms with Crippen LogP contribution in [0.2, 0.25) is 0 Å². The second-order valence-corrected chi connectivity index (χ2v) is 6.84. The smallest absolute Gasteiger partial charge is 0.255 e. The molecule has 1 atom stereocenters. The Kier molecular flexibility index (Phi) is 3.54. The van der Waals surface area contributed by atoms with Crippen molar-refractivity contribution in [3.8, 4) is 0 Å². The first kappa shape index (κ1) is 14.3. The molecule has 1 amide bonds. The van der Waals surface area contributed by atoms with Crippen molar-refractivity contribution in [1.82, 2.24) is 9.47 Å². The molecule has 4 rings (SSSR count). The SMILES string of the molecule is Cc1ccccc1C(=O)N1CCn2cccc2[C@H]1c1cccs1. The maximum Gasteiger partial charge on any atom is 0.255 e. The number of amides is 1. The fourth-order valence-corrected chi connectivity index (χ4v) is 4.16. The lowest BCUT2D eigenvalue weighted by molar-refractivity contribution is 0.0666. The van der Waals surface area contributed by atoms with Gasteiger partial charge in [0.15, 0.2) is 0 Å². The van der Waals surface area contributed by atoms with Crippen molar-refractivity contribution in [3.05, 3.63) is 81.8 Å². The van der Waals surface area contributed by atoms with Crippen LogP contribution in [0.25, 0.3) is 0 Å². The number of fused-ring (bicyclic) bond motifs is 1. The standard InChI is InChI=1S/C19H18N2OS/c1-14-6-2-3-7-15(14)19(22)21-12-11-20-10-4-8-16(20)18(21)17-9-5-13-23-17/h2-10,13,18H,11-12H2,1H3/t18-/m0/s1. The van der Waals surface area contributed by atoms with Gasteiger partial charge >= 0.3 is 0 Å². The van der Waals surface area contributed by atoms with Gasteiger partial charge in [0.05, 0.1) is 0 Å². The topological polar surface area (TPSA) is 25.2 Å². The number of hydrogen-bond donors (Lipinski definition) is 0. The molecule has 0 saturated heterocycles. The Labute approximate surface area is 139 Å². The summed E-state index contributed by atoms with van der Waals surface area (Å²) in [6.45, 7) is 3.58. The van der Waals surface area contributed by atoms with Crippen LogP contribution in [0.3, 0.4) is 0 Å². The zero-order valence-electron chi connectivity index (χ0n) is 13.0. The molecule has 0 spiro atoms. The van der Waals surface area contributed by atoms with Gasteiger partial charge in [0.25, 0.3) is 5.91 Å². The lowest BCUT2D eigenvalue weighted by atomic mass is 10.0. The summed E-state index contributed by atoms with van der Waals surface area (Å²) >= 11 is 1.71. The first-order valence-corrected chi connectivity index (χ1v) is 8.69. The van der Waals surface area contributed by atoms with Crippen molar-refractivity contribution in [2.75, 3.05) is 6.54 Å². The number of benzene rings is 1. The molecule has 1 aromatic carbocycles. The second-order valence-electron chi connectivity index (χ2n) is 5.86. The molecule has 116 valence electrons. The minimum atomic E-state index is 0.00542. The van der Waals surface area contributed by atoms with Crippen molar-refractivity contribution in [1.29, 1.82) is 0 Å². The second kappa shape index (κ2) is 5.70. The van der Waals surface area contributed by atoms with E-state index in [1.807, 2.05) is 36.1 Å². The van der Waals surface area contributed by atoms with Gasteiger partial charge in [0.2, 0.25) is 0 Å². The molecule has 2 aromatic heterocycles. The van der Waals surface area contributed by atoms with E-state index in [4.69, 9.17) is 0 Å². The summed E-state index contributed by atoms with van der Waals surface area (Å²) in [5.41, 5.74) is 3.03. The Hall–Kier alpha value is -2.33. The molecule has 0 fully saturated rings. The zero-order valence-corrected chi connectivity index (χ0v) is 13.8. The van der Waals surface area contributed by atoms with Gasteiger partial charge in [-0.2, -0.15) is 0 Å². The average molecular weight is 322 g/mol. The Morgan fingerprint density at radius 3 is 2.74 bits per heavy atom. The molecule has 23 heavy (non-hydrogen) atoms. The van der Waals surface area contributed by atoms with Gasteiger partial charge in [-0.05, 0) is 42.1 Å². The van der Waals surface area contributed by atoms with Crippen molar-refractivity contribution in [2.45, 2.75) is 19.5 Å². The summed E-state index contributed by atoms with van der Waals surface area (Å²) in [6.07, 6.45) is 2.10. The van der Waals surface area contributed by atoms with Gasteiger partial charge < -0.3 is 9.47 Å². The predicted molar refractivity (Wildman–Crippen MR) is 92.8 cm³/mol. The highest BCUT2D eigenvalue weighted by molar-refractivity contribution is 7.10. The molecule has 4 heteroatoms. The molecule has 0 aliphatic carbocycles. The van der Waals surface area contributed by atoms with Crippen molar-refractivity contribution < 1.29 is 4.79 Å². The molecule has 3 heterocycles. The van der Waals surface area contributed by atoms with Gasteiger partial charge in [-0.25, -0.2) is 0 Å². The fourth-order valence-electron chi connectivity index (χ4n) is 3.32. The molecule has 1 aliphatic heterocycles. The minimum absolute atomic E-state index is 0.00542. The quantitative estimate of drug-likeness (QED) is 0.697. The van der Waals surface area contributed by atoms with E-state index in [0.717, 1.165) is 24.2 Å². The first-order valence-electron chi connectivity index (χ1n) is 7.81. The van der Waals surface area contributed by atoms with E-state index in [-0.39, 0.29) is 11.9 Å². The van der Waals surface area contributed by atoms with Crippen LogP contribution in [-0.4, -0.2) is 21.9 Å².